The molecule has 0 spiro atoms. The molecule has 2 fully saturated rings. The van der Waals surface area contributed by atoms with Crippen molar-refractivity contribution in [3.63, 3.8) is 0 Å². The van der Waals surface area contributed by atoms with Gasteiger partial charge in [0.1, 0.15) is 5.82 Å². The number of esters is 1. The van der Waals surface area contributed by atoms with E-state index in [9.17, 15) is 27.2 Å². The van der Waals surface area contributed by atoms with E-state index in [-0.39, 0.29) is 24.0 Å². The molecule has 182 valence electrons. The molecule has 1 saturated heterocycles. The summed E-state index contributed by atoms with van der Waals surface area (Å²) >= 11 is 0. The summed E-state index contributed by atoms with van der Waals surface area (Å²) in [6.07, 6.45) is 4.56. The van der Waals surface area contributed by atoms with Crippen molar-refractivity contribution in [2.75, 3.05) is 13.1 Å². The highest BCUT2D eigenvalue weighted by atomic mass is 32.2. The number of imide groups is 1. The summed E-state index contributed by atoms with van der Waals surface area (Å²) in [7, 11) is -3.89. The molecule has 2 atom stereocenters. The van der Waals surface area contributed by atoms with Crippen molar-refractivity contribution < 1.29 is 31.9 Å². The number of urea groups is 1. The van der Waals surface area contributed by atoms with E-state index >= 15 is 0 Å². The van der Waals surface area contributed by atoms with E-state index in [1.54, 1.807) is 0 Å². The second-order valence-electron chi connectivity index (χ2n) is 8.53. The number of ether oxygens (including phenoxy) is 1. The van der Waals surface area contributed by atoms with Crippen LogP contribution in [0, 0.1) is 11.7 Å². The van der Waals surface area contributed by atoms with E-state index < -0.39 is 45.8 Å². The third-order valence-corrected chi connectivity index (χ3v) is 7.89. The number of nitrogens with one attached hydrogen (secondary N) is 2. The summed E-state index contributed by atoms with van der Waals surface area (Å²) in [5.41, 5.74) is 0. The Bertz CT molecular complexity index is 963. The van der Waals surface area contributed by atoms with Crippen LogP contribution in [0.1, 0.15) is 51.9 Å². The Morgan fingerprint density at radius 3 is 2.39 bits per heavy atom. The zero-order valence-corrected chi connectivity index (χ0v) is 19.4. The van der Waals surface area contributed by atoms with Crippen molar-refractivity contribution in [2.24, 2.45) is 5.92 Å². The SMILES string of the molecule is CC(OC(=O)C1CCCN(S(=O)(=O)c2ccc(F)cc2)C1)C(=O)NC(=O)NC1CCCCC1. The summed E-state index contributed by atoms with van der Waals surface area (Å²) in [4.78, 5) is 36.8. The smallest absolute Gasteiger partial charge is 0.321 e. The zero-order chi connectivity index (χ0) is 24.0. The van der Waals surface area contributed by atoms with Crippen molar-refractivity contribution in [3.05, 3.63) is 30.1 Å². The molecule has 11 heteroatoms. The van der Waals surface area contributed by atoms with Gasteiger partial charge >= 0.3 is 12.0 Å². The van der Waals surface area contributed by atoms with Gasteiger partial charge in [-0.15, -0.1) is 0 Å². The molecule has 3 amide bonds. The van der Waals surface area contributed by atoms with Crippen LogP contribution in [0.4, 0.5) is 9.18 Å². The second-order valence-corrected chi connectivity index (χ2v) is 10.5. The van der Waals surface area contributed by atoms with Gasteiger partial charge in [-0.25, -0.2) is 17.6 Å². The maximum atomic E-state index is 13.1. The maximum absolute atomic E-state index is 13.1. The lowest BCUT2D eigenvalue weighted by Gasteiger charge is -2.31. The van der Waals surface area contributed by atoms with E-state index in [4.69, 9.17) is 4.74 Å². The first-order chi connectivity index (χ1) is 15.7. The van der Waals surface area contributed by atoms with Crippen molar-refractivity contribution in [1.29, 1.82) is 0 Å². The predicted molar refractivity (Wildman–Crippen MR) is 117 cm³/mol. The Kier molecular flexibility index (Phi) is 8.41. The lowest BCUT2D eigenvalue weighted by molar-refractivity contribution is -0.159. The second kappa shape index (κ2) is 11.1. The molecule has 1 aliphatic carbocycles. The van der Waals surface area contributed by atoms with Crippen LogP contribution in [0.3, 0.4) is 0 Å². The van der Waals surface area contributed by atoms with Gasteiger partial charge in [-0.3, -0.25) is 14.9 Å². The van der Waals surface area contributed by atoms with Crippen molar-refractivity contribution in [3.8, 4) is 0 Å². The molecule has 1 heterocycles. The summed E-state index contributed by atoms with van der Waals surface area (Å²) in [5, 5.41) is 4.95. The van der Waals surface area contributed by atoms with Gasteiger partial charge in [-0.05, 0) is 56.9 Å². The van der Waals surface area contributed by atoms with Crippen LogP contribution in [0.5, 0.6) is 0 Å². The van der Waals surface area contributed by atoms with E-state index in [2.05, 4.69) is 10.6 Å². The summed E-state index contributed by atoms with van der Waals surface area (Å²) in [5.74, 6) is -2.75. The Labute approximate surface area is 193 Å². The number of nitrogens with zero attached hydrogens (tertiary/aromatic N) is 1. The van der Waals surface area contributed by atoms with Gasteiger partial charge in [-0.2, -0.15) is 4.31 Å². The Balaban J connectivity index is 1.52. The molecule has 3 rings (SSSR count). The normalized spacial score (nSPS) is 21.1. The average molecular weight is 484 g/mol. The first kappa shape index (κ1) is 25.1. The fraction of sp³-hybridized carbons (Fsp3) is 0.591. The van der Waals surface area contributed by atoms with Crippen LogP contribution < -0.4 is 10.6 Å². The first-order valence-corrected chi connectivity index (χ1v) is 12.7. The van der Waals surface area contributed by atoms with Gasteiger partial charge in [0.25, 0.3) is 5.91 Å². The van der Waals surface area contributed by atoms with Crippen LogP contribution in [0.15, 0.2) is 29.2 Å². The maximum Gasteiger partial charge on any atom is 0.321 e. The lowest BCUT2D eigenvalue weighted by atomic mass is 9.96. The van der Waals surface area contributed by atoms with Crippen LogP contribution in [-0.2, 0) is 24.3 Å². The van der Waals surface area contributed by atoms with Gasteiger partial charge in [0.15, 0.2) is 6.10 Å². The standard InChI is InChI=1S/C22H30FN3O6S/c1-15(20(27)25-22(29)24-18-7-3-2-4-8-18)32-21(28)16-6-5-13-26(14-16)33(30,31)19-11-9-17(23)10-12-19/h9-12,15-16,18H,2-8,13-14H2,1H3,(H2,24,25,27,29). The molecular formula is C22H30FN3O6S. The van der Waals surface area contributed by atoms with E-state index in [1.807, 2.05) is 0 Å². The Morgan fingerprint density at radius 2 is 1.73 bits per heavy atom. The third-order valence-electron chi connectivity index (χ3n) is 6.01. The highest BCUT2D eigenvalue weighted by Crippen LogP contribution is 2.25. The van der Waals surface area contributed by atoms with Gasteiger partial charge < -0.3 is 10.1 Å². The third kappa shape index (κ3) is 6.73. The van der Waals surface area contributed by atoms with E-state index in [0.717, 1.165) is 48.5 Å². The first-order valence-electron chi connectivity index (χ1n) is 11.2. The van der Waals surface area contributed by atoms with Gasteiger partial charge in [0.05, 0.1) is 10.8 Å². The molecule has 33 heavy (non-hydrogen) atoms. The number of benzene rings is 1. The number of hydrogen-bond donors (Lipinski definition) is 2. The topological polar surface area (TPSA) is 122 Å². The minimum absolute atomic E-state index is 0.0284. The molecule has 0 bridgehead atoms. The monoisotopic (exact) mass is 483 g/mol. The van der Waals surface area contributed by atoms with E-state index in [1.165, 1.54) is 19.1 Å². The number of carbonyl (C=O) groups is 3. The Hall–Kier alpha value is -2.53. The van der Waals surface area contributed by atoms with E-state index in [0.29, 0.717) is 12.8 Å². The predicted octanol–water partition coefficient (Wildman–Crippen LogP) is 2.32. The highest BCUT2D eigenvalue weighted by Gasteiger charge is 2.35. The average Bonchev–Trinajstić information content (AvgIpc) is 2.80. The summed E-state index contributed by atoms with van der Waals surface area (Å²) in [6, 6.07) is 3.89. The fourth-order valence-electron chi connectivity index (χ4n) is 4.11. The molecule has 2 N–H and O–H groups in total. The fourth-order valence-corrected chi connectivity index (χ4v) is 5.64. The summed E-state index contributed by atoms with van der Waals surface area (Å²) < 4.78 is 45.2. The molecule has 1 saturated carbocycles. The van der Waals surface area contributed by atoms with Crippen molar-refractivity contribution in [2.45, 2.75) is 68.9 Å². The van der Waals surface area contributed by atoms with Crippen LogP contribution >= 0.6 is 0 Å². The van der Waals surface area contributed by atoms with Gasteiger partial charge in [0, 0.05) is 19.1 Å². The quantitative estimate of drug-likeness (QED) is 0.599. The van der Waals surface area contributed by atoms with Crippen LogP contribution in [0.25, 0.3) is 0 Å². The number of carbonyl (C=O) groups excluding carboxylic acids is 3. The molecule has 1 aromatic rings. The molecule has 2 unspecified atom stereocenters. The van der Waals surface area contributed by atoms with Crippen molar-refractivity contribution >= 4 is 27.9 Å². The number of sulfonamides is 1. The molecule has 0 radical (unpaired) electrons. The molecule has 9 nitrogen and oxygen atoms in total. The number of halogens is 1. The number of rotatable bonds is 6. The lowest BCUT2D eigenvalue weighted by Crippen LogP contribution is -2.49. The number of piperidine rings is 1. The van der Waals surface area contributed by atoms with Gasteiger partial charge in [-0.1, -0.05) is 19.3 Å². The minimum Gasteiger partial charge on any atom is -0.452 e. The number of hydrogen-bond acceptors (Lipinski definition) is 6. The molecule has 2 aliphatic rings. The Morgan fingerprint density at radius 1 is 1.06 bits per heavy atom. The number of amides is 3. The minimum atomic E-state index is -3.89. The highest BCUT2D eigenvalue weighted by molar-refractivity contribution is 7.89. The zero-order valence-electron chi connectivity index (χ0n) is 18.6. The largest absolute Gasteiger partial charge is 0.452 e. The van der Waals surface area contributed by atoms with Crippen LogP contribution in [-0.4, -0.2) is 55.9 Å². The molecule has 1 aliphatic heterocycles. The van der Waals surface area contributed by atoms with Gasteiger partial charge in [0.2, 0.25) is 10.0 Å². The summed E-state index contributed by atoms with van der Waals surface area (Å²) in [6.45, 7) is 1.48. The van der Waals surface area contributed by atoms with Crippen LogP contribution in [0.2, 0.25) is 0 Å². The molecule has 0 aromatic heterocycles. The van der Waals surface area contributed by atoms with Crippen molar-refractivity contribution in [1.82, 2.24) is 14.9 Å². The molecule has 1 aromatic carbocycles. The molecular weight excluding hydrogens is 453 g/mol.